The zero-order valence-electron chi connectivity index (χ0n) is 25.6. The van der Waals surface area contributed by atoms with E-state index >= 15 is 0 Å². The van der Waals surface area contributed by atoms with Crippen molar-refractivity contribution >= 4 is 22.6 Å². The number of rotatable bonds is 9. The minimum Gasteiger partial charge on any atom is -0.457 e. The number of alkyl halides is 3. The van der Waals surface area contributed by atoms with Crippen molar-refractivity contribution in [2.75, 3.05) is 32.9 Å². The summed E-state index contributed by atoms with van der Waals surface area (Å²) in [5.74, 6) is 1.09. The molecule has 0 unspecified atom stereocenters. The fourth-order valence-corrected chi connectivity index (χ4v) is 6.09. The first-order chi connectivity index (χ1) is 22.1. The molecule has 242 valence electrons. The lowest BCUT2D eigenvalue weighted by molar-refractivity contribution is -0.137. The van der Waals surface area contributed by atoms with Crippen LogP contribution in [0.3, 0.4) is 0 Å². The highest BCUT2D eigenvalue weighted by Gasteiger charge is 2.30. The highest BCUT2D eigenvalue weighted by atomic mass is 19.4. The third-order valence-corrected chi connectivity index (χ3v) is 8.75. The first-order valence-corrected chi connectivity index (χ1v) is 15.6. The molecule has 0 radical (unpaired) electrons. The molecule has 4 aromatic rings. The van der Waals surface area contributed by atoms with Gasteiger partial charge in [-0.15, -0.1) is 0 Å². The first-order valence-electron chi connectivity index (χ1n) is 15.6. The number of aromatic nitrogens is 2. The van der Waals surface area contributed by atoms with Crippen LogP contribution < -0.4 is 4.74 Å². The van der Waals surface area contributed by atoms with Crippen LogP contribution in [0.15, 0.2) is 66.9 Å². The van der Waals surface area contributed by atoms with Crippen LogP contribution in [0.4, 0.5) is 13.2 Å². The van der Waals surface area contributed by atoms with Crippen LogP contribution in [0.5, 0.6) is 11.5 Å². The smallest absolute Gasteiger partial charge is 0.416 e. The van der Waals surface area contributed by atoms with Gasteiger partial charge in [-0.3, -0.25) is 14.3 Å². The molecular weight excluding hydrogens is 599 g/mol. The highest BCUT2D eigenvalue weighted by molar-refractivity contribution is 6.01. The number of likely N-dealkylation sites (tertiary alicyclic amines) is 1. The lowest BCUT2D eigenvalue weighted by Crippen LogP contribution is -2.39. The molecule has 1 atom stereocenters. The summed E-state index contributed by atoms with van der Waals surface area (Å²) in [6.45, 7) is 5.66. The summed E-state index contributed by atoms with van der Waals surface area (Å²) in [5, 5.41) is 5.74. The second-order valence-corrected chi connectivity index (χ2v) is 11.9. The number of benzene rings is 3. The molecule has 1 amide bonds. The van der Waals surface area contributed by atoms with E-state index in [-0.39, 0.29) is 23.5 Å². The van der Waals surface area contributed by atoms with Crippen LogP contribution in [0, 0.1) is 12.8 Å². The second-order valence-electron chi connectivity index (χ2n) is 11.9. The largest absolute Gasteiger partial charge is 0.457 e. The van der Waals surface area contributed by atoms with E-state index < -0.39 is 11.7 Å². The molecule has 11 heteroatoms. The van der Waals surface area contributed by atoms with Gasteiger partial charge in [0, 0.05) is 48.8 Å². The van der Waals surface area contributed by atoms with Crippen LogP contribution in [0.2, 0.25) is 0 Å². The maximum Gasteiger partial charge on any atom is 0.416 e. The topological polar surface area (TPSA) is 82.9 Å². The van der Waals surface area contributed by atoms with E-state index in [0.29, 0.717) is 63.0 Å². The lowest BCUT2D eigenvalue weighted by atomic mass is 9.96. The summed E-state index contributed by atoms with van der Waals surface area (Å²) in [6.07, 6.45) is 0.311. The molecule has 3 aromatic carbocycles. The van der Waals surface area contributed by atoms with E-state index in [0.717, 1.165) is 53.5 Å². The third kappa shape index (κ3) is 7.42. The van der Waals surface area contributed by atoms with E-state index in [9.17, 15) is 22.8 Å². The summed E-state index contributed by atoms with van der Waals surface area (Å²) < 4.78 is 57.1. The van der Waals surface area contributed by atoms with Crippen molar-refractivity contribution < 1.29 is 37.0 Å². The van der Waals surface area contributed by atoms with Gasteiger partial charge >= 0.3 is 6.18 Å². The molecule has 0 saturated carbocycles. The molecule has 2 fully saturated rings. The molecule has 46 heavy (non-hydrogen) atoms. The molecule has 3 heterocycles. The Morgan fingerprint density at radius 1 is 0.957 bits per heavy atom. The summed E-state index contributed by atoms with van der Waals surface area (Å²) in [6, 6.07) is 14.9. The molecule has 0 bridgehead atoms. The second kappa shape index (κ2) is 13.6. The molecule has 1 aromatic heterocycles. The van der Waals surface area contributed by atoms with Gasteiger partial charge in [0.15, 0.2) is 5.78 Å². The van der Waals surface area contributed by atoms with Gasteiger partial charge in [0.2, 0.25) is 0 Å². The number of halogens is 3. The standard InChI is InChI=1S/C35H36F3N3O5/c1-23-30(33(42)13-10-29-22-44-18-19-45-29)11-12-32-31(23)21-41(39-32)20-24-14-16-40(17-15-24)34(43)25-2-6-27(7-3-25)46-28-8-4-26(5-9-28)35(36,37)38/h2-9,11-12,21,24,29H,10,13-20,22H2,1H3/t29-/m0/s1. The predicted octanol–water partition coefficient (Wildman–Crippen LogP) is 7.09. The quantitative estimate of drug-likeness (QED) is 0.183. The lowest BCUT2D eigenvalue weighted by Gasteiger charge is -2.32. The summed E-state index contributed by atoms with van der Waals surface area (Å²) in [7, 11) is 0. The number of nitrogens with zero attached hydrogens (tertiary/aromatic N) is 3. The maximum atomic E-state index is 13.2. The Bertz CT molecular complexity index is 1670. The maximum absolute atomic E-state index is 13.2. The SMILES string of the molecule is Cc1c(C(=O)CC[C@H]2COCCO2)ccc2nn(CC3CCN(C(=O)c4ccc(Oc5ccc(C(F)(F)F)cc5)cc4)CC3)cc12. The monoisotopic (exact) mass is 635 g/mol. The Labute approximate surface area is 265 Å². The Balaban J connectivity index is 1.00. The van der Waals surface area contributed by atoms with Crippen molar-refractivity contribution in [1.82, 2.24) is 14.7 Å². The number of aryl methyl sites for hydroxylation is 1. The minimum atomic E-state index is -4.41. The van der Waals surface area contributed by atoms with Crippen molar-refractivity contribution in [2.24, 2.45) is 5.92 Å². The number of carbonyl (C=O) groups excluding carboxylic acids is 2. The number of amides is 1. The van der Waals surface area contributed by atoms with E-state index in [1.54, 1.807) is 24.3 Å². The molecule has 6 rings (SSSR count). The van der Waals surface area contributed by atoms with E-state index in [1.165, 1.54) is 12.1 Å². The van der Waals surface area contributed by atoms with E-state index in [2.05, 4.69) is 0 Å². The Morgan fingerprint density at radius 2 is 1.65 bits per heavy atom. The van der Waals surface area contributed by atoms with Gasteiger partial charge in [0.05, 0.1) is 37.0 Å². The Morgan fingerprint density at radius 3 is 2.30 bits per heavy atom. The number of ether oxygens (including phenoxy) is 3. The van der Waals surface area contributed by atoms with Gasteiger partial charge in [-0.05, 0) is 98.3 Å². The van der Waals surface area contributed by atoms with E-state index in [1.807, 2.05) is 34.8 Å². The van der Waals surface area contributed by atoms with Crippen molar-refractivity contribution in [3.05, 3.63) is 89.1 Å². The molecule has 2 aliphatic heterocycles. The van der Waals surface area contributed by atoms with Crippen molar-refractivity contribution in [3.8, 4) is 11.5 Å². The number of fused-ring (bicyclic) bond motifs is 1. The van der Waals surface area contributed by atoms with Crippen molar-refractivity contribution in [2.45, 2.75) is 51.4 Å². The zero-order valence-corrected chi connectivity index (χ0v) is 25.6. The summed E-state index contributed by atoms with van der Waals surface area (Å²) in [4.78, 5) is 28.0. The molecule has 8 nitrogen and oxygen atoms in total. The number of Topliss-reactive ketones (excluding diaryl/α,β-unsaturated/α-hetero) is 1. The fourth-order valence-electron chi connectivity index (χ4n) is 6.09. The predicted molar refractivity (Wildman–Crippen MR) is 165 cm³/mol. The molecule has 2 aliphatic rings. The van der Waals surface area contributed by atoms with Crippen LogP contribution >= 0.6 is 0 Å². The third-order valence-electron chi connectivity index (χ3n) is 8.75. The van der Waals surface area contributed by atoms with Gasteiger partial charge in [0.1, 0.15) is 11.5 Å². The van der Waals surface area contributed by atoms with Crippen LogP contribution in [0.25, 0.3) is 10.9 Å². The van der Waals surface area contributed by atoms with Crippen molar-refractivity contribution in [3.63, 3.8) is 0 Å². The van der Waals surface area contributed by atoms with E-state index in [4.69, 9.17) is 19.3 Å². The van der Waals surface area contributed by atoms with Gasteiger partial charge < -0.3 is 19.1 Å². The van der Waals surface area contributed by atoms with Gasteiger partial charge in [-0.1, -0.05) is 0 Å². The average Bonchev–Trinajstić information content (AvgIpc) is 3.48. The molecular formula is C35H36F3N3O5. The summed E-state index contributed by atoms with van der Waals surface area (Å²) in [5.41, 5.74) is 2.29. The highest BCUT2D eigenvalue weighted by Crippen LogP contribution is 2.32. The number of hydrogen-bond acceptors (Lipinski definition) is 6. The minimum absolute atomic E-state index is 0.0323. The number of hydrogen-bond donors (Lipinski definition) is 0. The van der Waals surface area contributed by atoms with Gasteiger partial charge in [0.25, 0.3) is 5.91 Å². The Kier molecular flexibility index (Phi) is 9.42. The molecule has 0 aliphatic carbocycles. The van der Waals surface area contributed by atoms with Crippen LogP contribution in [-0.4, -0.2) is 65.4 Å². The first kappa shape index (κ1) is 31.7. The van der Waals surface area contributed by atoms with Gasteiger partial charge in [-0.2, -0.15) is 18.3 Å². The normalized spacial score (nSPS) is 17.7. The Hall–Kier alpha value is -4.22. The van der Waals surface area contributed by atoms with Crippen LogP contribution in [0.1, 0.15) is 57.5 Å². The molecule has 0 N–H and O–H groups in total. The number of piperidine rings is 1. The zero-order chi connectivity index (χ0) is 32.3. The van der Waals surface area contributed by atoms with Crippen molar-refractivity contribution in [1.29, 1.82) is 0 Å². The number of ketones is 1. The molecule has 0 spiro atoms. The van der Waals surface area contributed by atoms with Gasteiger partial charge in [-0.25, -0.2) is 0 Å². The average molecular weight is 636 g/mol. The summed E-state index contributed by atoms with van der Waals surface area (Å²) >= 11 is 0. The fraction of sp³-hybridized carbons (Fsp3) is 0.400. The number of carbonyl (C=O) groups is 2. The van der Waals surface area contributed by atoms with Crippen LogP contribution in [-0.2, 0) is 22.2 Å². The molecule has 2 saturated heterocycles.